The molecule has 1 amide bonds. The molecule has 28 heavy (non-hydrogen) atoms. The van der Waals surface area contributed by atoms with Crippen molar-refractivity contribution in [2.45, 2.75) is 32.2 Å². The zero-order chi connectivity index (χ0) is 19.8. The largest absolute Gasteiger partial charge is 0.373 e. The van der Waals surface area contributed by atoms with Crippen LogP contribution in [0.5, 0.6) is 0 Å². The number of aliphatic hydroxyl groups excluding tert-OH is 1. The average molecular weight is 420 g/mol. The summed E-state index contributed by atoms with van der Waals surface area (Å²) in [5.74, 6) is 0.340. The quantitative estimate of drug-likeness (QED) is 0.747. The minimum Gasteiger partial charge on any atom is -0.373 e. The predicted octanol–water partition coefficient (Wildman–Crippen LogP) is 3.13. The van der Waals surface area contributed by atoms with Crippen molar-refractivity contribution in [3.05, 3.63) is 56.2 Å². The van der Waals surface area contributed by atoms with Crippen molar-refractivity contribution in [1.29, 1.82) is 0 Å². The van der Waals surface area contributed by atoms with Gasteiger partial charge in [-0.2, -0.15) is 0 Å². The molecule has 3 heterocycles. The first-order valence-electron chi connectivity index (χ1n) is 9.69. The van der Waals surface area contributed by atoms with Crippen LogP contribution in [0.15, 0.2) is 30.3 Å². The second-order valence-corrected chi connectivity index (χ2v) is 9.72. The number of fused-ring (bicyclic) bond motifs is 1. The number of thiophene rings is 1. The van der Waals surface area contributed by atoms with Gasteiger partial charge in [0.1, 0.15) is 6.23 Å². The maximum atomic E-state index is 13.1. The summed E-state index contributed by atoms with van der Waals surface area (Å²) in [6.07, 6.45) is 0.226. The van der Waals surface area contributed by atoms with E-state index in [-0.39, 0.29) is 17.9 Å². The Morgan fingerprint density at radius 3 is 2.86 bits per heavy atom. The molecule has 1 aromatic heterocycles. The smallest absolute Gasteiger partial charge is 0.253 e. The molecule has 0 radical (unpaired) electrons. The van der Waals surface area contributed by atoms with Gasteiger partial charge in [0, 0.05) is 42.7 Å². The van der Waals surface area contributed by atoms with Gasteiger partial charge in [-0.1, -0.05) is 24.6 Å². The zero-order valence-corrected chi connectivity index (χ0v) is 17.8. The van der Waals surface area contributed by atoms with E-state index < -0.39 is 6.23 Å². The summed E-state index contributed by atoms with van der Waals surface area (Å²) in [5, 5.41) is 13.7. The van der Waals surface area contributed by atoms with E-state index in [1.165, 1.54) is 22.5 Å². The highest BCUT2D eigenvalue weighted by atomic mass is 35.5. The highest BCUT2D eigenvalue weighted by molar-refractivity contribution is 7.16. The summed E-state index contributed by atoms with van der Waals surface area (Å²) >= 11 is 7.33. The van der Waals surface area contributed by atoms with Gasteiger partial charge in [-0.05, 0) is 54.8 Å². The summed E-state index contributed by atoms with van der Waals surface area (Å²) in [5.41, 5.74) is 3.37. The molecule has 2 aliphatic rings. The van der Waals surface area contributed by atoms with Gasteiger partial charge < -0.3 is 14.9 Å². The van der Waals surface area contributed by atoms with Gasteiger partial charge >= 0.3 is 0 Å². The van der Waals surface area contributed by atoms with Crippen molar-refractivity contribution in [1.82, 2.24) is 15.1 Å². The first kappa shape index (κ1) is 19.9. The van der Waals surface area contributed by atoms with E-state index in [0.29, 0.717) is 17.4 Å². The molecule has 2 N–H and O–H groups in total. The third-order valence-corrected chi connectivity index (χ3v) is 7.07. The van der Waals surface area contributed by atoms with Crippen LogP contribution in [0.25, 0.3) is 0 Å². The molecule has 4 rings (SSSR count). The number of likely N-dealkylation sites (N-methyl/N-ethyl adjacent to an activating group) is 1. The normalized spacial score (nSPS) is 23.6. The maximum Gasteiger partial charge on any atom is 0.253 e. The third kappa shape index (κ3) is 4.11. The molecule has 150 valence electrons. The van der Waals surface area contributed by atoms with Crippen molar-refractivity contribution in [3.63, 3.8) is 0 Å². The number of hydrogen-bond donors (Lipinski definition) is 2. The lowest BCUT2D eigenvalue weighted by molar-refractivity contribution is 0.0777. The summed E-state index contributed by atoms with van der Waals surface area (Å²) < 4.78 is 0.658. The second-order valence-electron chi connectivity index (χ2n) is 7.98. The van der Waals surface area contributed by atoms with Gasteiger partial charge in [-0.3, -0.25) is 10.1 Å². The fourth-order valence-corrected chi connectivity index (χ4v) is 5.13. The van der Waals surface area contributed by atoms with Crippen molar-refractivity contribution >= 4 is 28.8 Å². The summed E-state index contributed by atoms with van der Waals surface area (Å²) in [4.78, 5) is 18.0. The molecule has 2 aliphatic heterocycles. The number of carbonyl (C=O) groups excluding carboxylic acids is 1. The highest BCUT2D eigenvalue weighted by Crippen LogP contribution is 2.28. The van der Waals surface area contributed by atoms with Crippen LogP contribution in [0.1, 0.15) is 39.5 Å². The number of carbonyl (C=O) groups is 1. The molecule has 7 heteroatoms. The predicted molar refractivity (Wildman–Crippen MR) is 113 cm³/mol. The van der Waals surface area contributed by atoms with E-state index in [9.17, 15) is 9.90 Å². The molecular formula is C21H26ClN3O2S. The van der Waals surface area contributed by atoms with Crippen molar-refractivity contribution in [3.8, 4) is 0 Å². The minimum absolute atomic E-state index is 0.0473. The SMILES string of the molecule is C[C@H]1CN(C(=O)c2ccc3c(c2)CCN(C)C3)C[C@@H]1NC(O)c1ccc(Cl)s1. The molecule has 1 aromatic carbocycles. The minimum atomic E-state index is -0.763. The molecule has 2 aromatic rings. The Labute approximate surface area is 174 Å². The fraction of sp³-hybridized carbons (Fsp3) is 0.476. The summed E-state index contributed by atoms with van der Waals surface area (Å²) in [6, 6.07) is 9.78. The Balaban J connectivity index is 1.42. The topological polar surface area (TPSA) is 55.8 Å². The molecule has 0 aliphatic carbocycles. The van der Waals surface area contributed by atoms with Crippen molar-refractivity contribution < 1.29 is 9.90 Å². The molecule has 0 saturated carbocycles. The van der Waals surface area contributed by atoms with E-state index in [2.05, 4.69) is 36.3 Å². The standard InChI is InChI=1S/C21H26ClN3O2S/c1-13-10-25(12-17(13)23-20(26)18-5-6-19(22)28-18)21(27)15-3-4-16-11-24(2)8-7-14(16)9-15/h3-6,9,13,17,20,23,26H,7-8,10-12H2,1-2H3/t13-,17-,20?/m0/s1. The third-order valence-electron chi connectivity index (χ3n) is 5.79. The number of benzene rings is 1. The Hall–Kier alpha value is -1.44. The monoisotopic (exact) mass is 419 g/mol. The van der Waals surface area contributed by atoms with Crippen LogP contribution in [0.4, 0.5) is 0 Å². The van der Waals surface area contributed by atoms with E-state index >= 15 is 0 Å². The van der Waals surface area contributed by atoms with Crippen LogP contribution in [0.2, 0.25) is 4.34 Å². The zero-order valence-electron chi connectivity index (χ0n) is 16.2. The van der Waals surface area contributed by atoms with E-state index in [1.54, 1.807) is 6.07 Å². The number of hydrogen-bond acceptors (Lipinski definition) is 5. The number of nitrogens with zero attached hydrogens (tertiary/aromatic N) is 2. The lowest BCUT2D eigenvalue weighted by Gasteiger charge is -2.26. The lowest BCUT2D eigenvalue weighted by atomic mass is 9.97. The van der Waals surface area contributed by atoms with E-state index in [1.807, 2.05) is 17.0 Å². The molecule has 1 saturated heterocycles. The summed E-state index contributed by atoms with van der Waals surface area (Å²) in [7, 11) is 2.12. The number of nitrogens with one attached hydrogen (secondary N) is 1. The molecule has 1 fully saturated rings. The number of aliphatic hydroxyl groups is 1. The lowest BCUT2D eigenvalue weighted by Crippen LogP contribution is -2.38. The second kappa shape index (κ2) is 8.13. The first-order valence-corrected chi connectivity index (χ1v) is 10.9. The molecule has 3 atom stereocenters. The Morgan fingerprint density at radius 1 is 1.29 bits per heavy atom. The average Bonchev–Trinajstić information content (AvgIpc) is 3.27. The molecule has 5 nitrogen and oxygen atoms in total. The van der Waals surface area contributed by atoms with Crippen LogP contribution in [0, 0.1) is 5.92 Å². The highest BCUT2D eigenvalue weighted by Gasteiger charge is 2.34. The van der Waals surface area contributed by atoms with Crippen molar-refractivity contribution in [2.24, 2.45) is 5.92 Å². The number of rotatable bonds is 4. The first-order chi connectivity index (χ1) is 13.4. The van der Waals surface area contributed by atoms with Gasteiger partial charge in [-0.25, -0.2) is 0 Å². The van der Waals surface area contributed by atoms with Crippen LogP contribution in [-0.2, 0) is 13.0 Å². The Morgan fingerprint density at radius 2 is 2.11 bits per heavy atom. The fourth-order valence-electron chi connectivity index (χ4n) is 4.12. The van der Waals surface area contributed by atoms with Crippen LogP contribution >= 0.6 is 22.9 Å². The van der Waals surface area contributed by atoms with Crippen LogP contribution < -0.4 is 5.32 Å². The number of amides is 1. The molecule has 0 bridgehead atoms. The van der Waals surface area contributed by atoms with E-state index in [0.717, 1.165) is 30.0 Å². The number of halogens is 1. The van der Waals surface area contributed by atoms with Gasteiger partial charge in [0.15, 0.2) is 0 Å². The van der Waals surface area contributed by atoms with Gasteiger partial charge in [0.25, 0.3) is 5.91 Å². The summed E-state index contributed by atoms with van der Waals surface area (Å²) in [6.45, 7) is 5.37. The molecule has 1 unspecified atom stereocenters. The Bertz CT molecular complexity index is 871. The van der Waals surface area contributed by atoms with Gasteiger partial charge in [0.2, 0.25) is 0 Å². The molecular weight excluding hydrogens is 394 g/mol. The van der Waals surface area contributed by atoms with Crippen LogP contribution in [0.3, 0.4) is 0 Å². The van der Waals surface area contributed by atoms with Gasteiger partial charge in [-0.15, -0.1) is 11.3 Å². The Kier molecular flexibility index (Phi) is 5.76. The number of likely N-dealkylation sites (tertiary alicyclic amines) is 1. The van der Waals surface area contributed by atoms with Crippen LogP contribution in [-0.4, -0.2) is 53.5 Å². The van der Waals surface area contributed by atoms with Crippen molar-refractivity contribution in [2.75, 3.05) is 26.7 Å². The molecule has 0 spiro atoms. The maximum absolute atomic E-state index is 13.1. The van der Waals surface area contributed by atoms with Gasteiger partial charge in [0.05, 0.1) is 4.34 Å². The van der Waals surface area contributed by atoms with E-state index in [4.69, 9.17) is 11.6 Å².